The fourth-order valence-corrected chi connectivity index (χ4v) is 2.23. The molecule has 100 valence electrons. The minimum absolute atomic E-state index is 0.298. The van der Waals surface area contributed by atoms with E-state index in [1.54, 1.807) is 31.2 Å². The topological polar surface area (TPSA) is 26.0 Å². The third kappa shape index (κ3) is 3.11. The molecule has 0 saturated carbocycles. The van der Waals surface area contributed by atoms with E-state index in [9.17, 15) is 8.78 Å². The number of nitrogens with two attached hydrogens (primary N) is 1. The van der Waals surface area contributed by atoms with Crippen molar-refractivity contribution >= 4 is 11.6 Å². The van der Waals surface area contributed by atoms with Crippen molar-refractivity contribution in [3.05, 3.63) is 69.7 Å². The lowest BCUT2D eigenvalue weighted by molar-refractivity contribution is 0.572. The lowest BCUT2D eigenvalue weighted by atomic mass is 9.97. The van der Waals surface area contributed by atoms with Crippen LogP contribution < -0.4 is 5.73 Å². The Morgan fingerprint density at radius 1 is 1.21 bits per heavy atom. The SMILES string of the molecule is Cc1cccc(C(N)Cc2ccc(F)cc2Cl)c1F. The van der Waals surface area contributed by atoms with Crippen LogP contribution in [-0.4, -0.2) is 0 Å². The summed E-state index contributed by atoms with van der Waals surface area (Å²) < 4.78 is 26.9. The second kappa shape index (κ2) is 5.68. The zero-order chi connectivity index (χ0) is 14.0. The van der Waals surface area contributed by atoms with Gasteiger partial charge in [-0.1, -0.05) is 35.9 Å². The van der Waals surface area contributed by atoms with E-state index in [1.165, 1.54) is 12.1 Å². The Morgan fingerprint density at radius 2 is 1.95 bits per heavy atom. The number of halogens is 3. The summed E-state index contributed by atoms with van der Waals surface area (Å²) in [4.78, 5) is 0. The molecule has 0 aliphatic carbocycles. The highest BCUT2D eigenvalue weighted by Gasteiger charge is 2.15. The maximum atomic E-state index is 13.9. The standard InChI is InChI=1S/C15H14ClF2N/c1-9-3-2-4-12(15(9)18)14(19)7-10-5-6-11(17)8-13(10)16/h2-6,8,14H,7,19H2,1H3. The van der Waals surface area contributed by atoms with E-state index >= 15 is 0 Å². The average Bonchev–Trinajstić information content (AvgIpc) is 2.36. The van der Waals surface area contributed by atoms with Crippen LogP contribution in [0.3, 0.4) is 0 Å². The molecule has 2 rings (SSSR count). The zero-order valence-corrected chi connectivity index (χ0v) is 11.2. The van der Waals surface area contributed by atoms with Crippen molar-refractivity contribution in [1.82, 2.24) is 0 Å². The first-order chi connectivity index (χ1) is 8.99. The number of hydrogen-bond acceptors (Lipinski definition) is 1. The first-order valence-electron chi connectivity index (χ1n) is 5.93. The van der Waals surface area contributed by atoms with Gasteiger partial charge in [-0.15, -0.1) is 0 Å². The van der Waals surface area contributed by atoms with Crippen molar-refractivity contribution in [1.29, 1.82) is 0 Å². The molecule has 1 atom stereocenters. The molecule has 0 radical (unpaired) electrons. The number of aryl methyl sites for hydroxylation is 1. The predicted octanol–water partition coefficient (Wildman–Crippen LogP) is 4.17. The Hall–Kier alpha value is -1.45. The van der Waals surface area contributed by atoms with E-state index < -0.39 is 11.9 Å². The van der Waals surface area contributed by atoms with Crippen LogP contribution in [0.15, 0.2) is 36.4 Å². The Balaban J connectivity index is 2.25. The Labute approximate surface area is 116 Å². The number of hydrogen-bond donors (Lipinski definition) is 1. The van der Waals surface area contributed by atoms with Crippen LogP contribution in [0.5, 0.6) is 0 Å². The van der Waals surface area contributed by atoms with Gasteiger partial charge in [0, 0.05) is 16.6 Å². The van der Waals surface area contributed by atoms with Crippen molar-refractivity contribution in [3.63, 3.8) is 0 Å². The minimum Gasteiger partial charge on any atom is -0.324 e. The van der Waals surface area contributed by atoms with Gasteiger partial charge in [-0.3, -0.25) is 0 Å². The summed E-state index contributed by atoms with van der Waals surface area (Å²) in [6, 6.07) is 8.73. The quantitative estimate of drug-likeness (QED) is 0.898. The first kappa shape index (κ1) is 14.0. The molecule has 0 aliphatic heterocycles. The molecule has 0 aromatic heterocycles. The summed E-state index contributed by atoms with van der Waals surface area (Å²) in [5, 5.41) is 0.309. The molecule has 1 nitrogen and oxygen atoms in total. The maximum absolute atomic E-state index is 13.9. The van der Waals surface area contributed by atoms with Crippen molar-refractivity contribution in [3.8, 4) is 0 Å². The van der Waals surface area contributed by atoms with Gasteiger partial charge >= 0.3 is 0 Å². The highest BCUT2D eigenvalue weighted by molar-refractivity contribution is 6.31. The summed E-state index contributed by atoms with van der Waals surface area (Å²) in [7, 11) is 0. The molecular formula is C15H14ClF2N. The van der Waals surface area contributed by atoms with Crippen LogP contribution >= 0.6 is 11.6 Å². The third-order valence-corrected chi connectivity index (χ3v) is 3.43. The third-order valence-electron chi connectivity index (χ3n) is 3.08. The minimum atomic E-state index is -0.511. The van der Waals surface area contributed by atoms with Crippen LogP contribution in [0.2, 0.25) is 5.02 Å². The predicted molar refractivity (Wildman–Crippen MR) is 73.2 cm³/mol. The van der Waals surface area contributed by atoms with Gasteiger partial charge in [-0.25, -0.2) is 8.78 Å². The Bertz CT molecular complexity index is 599. The van der Waals surface area contributed by atoms with Crippen LogP contribution in [-0.2, 0) is 6.42 Å². The highest BCUT2D eigenvalue weighted by Crippen LogP contribution is 2.25. The molecule has 0 fully saturated rings. The van der Waals surface area contributed by atoms with Gasteiger partial charge in [0.15, 0.2) is 0 Å². The van der Waals surface area contributed by atoms with Crippen LogP contribution in [0.1, 0.15) is 22.7 Å². The van der Waals surface area contributed by atoms with Gasteiger partial charge in [-0.05, 0) is 36.6 Å². The summed E-state index contributed by atoms with van der Waals surface area (Å²) in [6.45, 7) is 1.69. The summed E-state index contributed by atoms with van der Waals surface area (Å²) in [5.74, 6) is -0.697. The molecule has 1 unspecified atom stereocenters. The molecule has 0 heterocycles. The summed E-state index contributed by atoms with van der Waals surface area (Å²) >= 11 is 5.94. The maximum Gasteiger partial charge on any atom is 0.130 e. The van der Waals surface area contributed by atoms with E-state index in [-0.39, 0.29) is 5.82 Å². The lowest BCUT2D eigenvalue weighted by Crippen LogP contribution is -2.15. The summed E-state index contributed by atoms with van der Waals surface area (Å²) in [6.07, 6.45) is 0.361. The Morgan fingerprint density at radius 3 is 2.63 bits per heavy atom. The average molecular weight is 282 g/mol. The van der Waals surface area contributed by atoms with Gasteiger partial charge < -0.3 is 5.73 Å². The van der Waals surface area contributed by atoms with E-state index in [0.29, 0.717) is 28.1 Å². The molecule has 19 heavy (non-hydrogen) atoms. The van der Waals surface area contributed by atoms with Crippen molar-refractivity contribution in [2.75, 3.05) is 0 Å². The molecule has 2 aromatic rings. The second-order valence-electron chi connectivity index (χ2n) is 4.52. The normalized spacial score (nSPS) is 12.5. The number of benzene rings is 2. The molecule has 0 bridgehead atoms. The molecule has 2 aromatic carbocycles. The van der Waals surface area contributed by atoms with E-state index in [2.05, 4.69) is 0 Å². The van der Waals surface area contributed by atoms with Gasteiger partial charge in [0.1, 0.15) is 11.6 Å². The van der Waals surface area contributed by atoms with Crippen molar-refractivity contribution in [2.45, 2.75) is 19.4 Å². The Kier molecular flexibility index (Phi) is 4.17. The van der Waals surface area contributed by atoms with Gasteiger partial charge in [0.25, 0.3) is 0 Å². The van der Waals surface area contributed by atoms with Crippen molar-refractivity contribution < 1.29 is 8.78 Å². The van der Waals surface area contributed by atoms with Gasteiger partial charge in [0.05, 0.1) is 0 Å². The van der Waals surface area contributed by atoms with Crippen LogP contribution in [0, 0.1) is 18.6 Å². The molecule has 4 heteroatoms. The highest BCUT2D eigenvalue weighted by atomic mass is 35.5. The smallest absolute Gasteiger partial charge is 0.130 e. The molecule has 0 saturated heterocycles. The molecule has 0 spiro atoms. The van der Waals surface area contributed by atoms with Crippen LogP contribution in [0.25, 0.3) is 0 Å². The van der Waals surface area contributed by atoms with E-state index in [1.807, 2.05) is 0 Å². The van der Waals surface area contributed by atoms with Gasteiger partial charge in [0.2, 0.25) is 0 Å². The second-order valence-corrected chi connectivity index (χ2v) is 4.93. The van der Waals surface area contributed by atoms with E-state index in [4.69, 9.17) is 17.3 Å². The largest absolute Gasteiger partial charge is 0.324 e. The molecular weight excluding hydrogens is 268 g/mol. The van der Waals surface area contributed by atoms with E-state index in [0.717, 1.165) is 0 Å². The first-order valence-corrected chi connectivity index (χ1v) is 6.31. The van der Waals surface area contributed by atoms with Crippen LogP contribution in [0.4, 0.5) is 8.78 Å². The lowest BCUT2D eigenvalue weighted by Gasteiger charge is -2.15. The fraction of sp³-hybridized carbons (Fsp3) is 0.200. The fourth-order valence-electron chi connectivity index (χ4n) is 1.99. The molecule has 0 amide bonds. The van der Waals surface area contributed by atoms with Gasteiger partial charge in [-0.2, -0.15) is 0 Å². The molecule has 0 aliphatic rings. The monoisotopic (exact) mass is 281 g/mol. The zero-order valence-electron chi connectivity index (χ0n) is 10.5. The molecule has 2 N–H and O–H groups in total. The number of rotatable bonds is 3. The summed E-state index contributed by atoms with van der Waals surface area (Å²) in [5.41, 5.74) is 7.72. The van der Waals surface area contributed by atoms with Crippen molar-refractivity contribution in [2.24, 2.45) is 5.73 Å².